The van der Waals surface area contributed by atoms with E-state index in [0.717, 1.165) is 23.8 Å². The molecule has 3 saturated carbocycles. The standard InChI is InChI=1S/C17H20FNO/c18-13-3-1-2-12(8-13)14-9-15(14)17(20)19-16(10-4-5-10)11-6-7-11/h1-3,8,10-11,14-16H,4-7,9H2,(H,19,20)/t14-,15+/m1/s1. The fourth-order valence-electron chi connectivity index (χ4n) is 3.39. The van der Waals surface area contributed by atoms with E-state index < -0.39 is 0 Å². The van der Waals surface area contributed by atoms with Gasteiger partial charge in [0.25, 0.3) is 0 Å². The van der Waals surface area contributed by atoms with Crippen molar-refractivity contribution >= 4 is 5.91 Å². The van der Waals surface area contributed by atoms with Gasteiger partial charge in [-0.1, -0.05) is 12.1 Å². The molecule has 0 spiro atoms. The Kier molecular flexibility index (Phi) is 2.83. The summed E-state index contributed by atoms with van der Waals surface area (Å²) in [4.78, 5) is 12.3. The molecule has 0 aromatic heterocycles. The zero-order valence-electron chi connectivity index (χ0n) is 11.5. The molecule has 0 aliphatic heterocycles. The topological polar surface area (TPSA) is 29.1 Å². The molecule has 0 unspecified atom stereocenters. The smallest absolute Gasteiger partial charge is 0.223 e. The molecule has 20 heavy (non-hydrogen) atoms. The lowest BCUT2D eigenvalue weighted by Gasteiger charge is -2.17. The maximum absolute atomic E-state index is 13.2. The van der Waals surface area contributed by atoms with Crippen LogP contribution in [-0.4, -0.2) is 11.9 Å². The number of rotatable bonds is 5. The van der Waals surface area contributed by atoms with Crippen LogP contribution in [0.5, 0.6) is 0 Å². The molecule has 3 heteroatoms. The van der Waals surface area contributed by atoms with E-state index in [-0.39, 0.29) is 23.6 Å². The molecule has 1 N–H and O–H groups in total. The molecular weight excluding hydrogens is 253 g/mol. The van der Waals surface area contributed by atoms with Crippen molar-refractivity contribution < 1.29 is 9.18 Å². The first kappa shape index (κ1) is 12.4. The summed E-state index contributed by atoms with van der Waals surface area (Å²) in [7, 11) is 0. The third-order valence-corrected chi connectivity index (χ3v) is 4.97. The Morgan fingerprint density at radius 2 is 1.90 bits per heavy atom. The molecule has 106 valence electrons. The highest BCUT2D eigenvalue weighted by Crippen LogP contribution is 2.49. The van der Waals surface area contributed by atoms with Crippen LogP contribution in [0.1, 0.15) is 43.6 Å². The molecular formula is C17H20FNO. The highest BCUT2D eigenvalue weighted by Gasteiger charge is 2.48. The van der Waals surface area contributed by atoms with Gasteiger partial charge in [-0.05, 0) is 67.6 Å². The molecule has 0 heterocycles. The van der Waals surface area contributed by atoms with E-state index in [9.17, 15) is 9.18 Å². The van der Waals surface area contributed by atoms with Crippen LogP contribution in [0.3, 0.4) is 0 Å². The van der Waals surface area contributed by atoms with E-state index in [1.165, 1.54) is 31.7 Å². The molecule has 1 aromatic rings. The Balaban J connectivity index is 1.38. The molecule has 3 fully saturated rings. The van der Waals surface area contributed by atoms with Gasteiger partial charge in [-0.15, -0.1) is 0 Å². The summed E-state index contributed by atoms with van der Waals surface area (Å²) in [6, 6.07) is 7.11. The van der Waals surface area contributed by atoms with E-state index in [1.54, 1.807) is 12.1 Å². The van der Waals surface area contributed by atoms with Crippen LogP contribution in [0.15, 0.2) is 24.3 Å². The molecule has 3 aliphatic rings. The highest BCUT2D eigenvalue weighted by atomic mass is 19.1. The summed E-state index contributed by atoms with van der Waals surface area (Å²) in [6.45, 7) is 0. The first-order valence-corrected chi connectivity index (χ1v) is 7.78. The number of halogens is 1. The minimum absolute atomic E-state index is 0.0665. The number of amides is 1. The van der Waals surface area contributed by atoms with Gasteiger partial charge in [0.2, 0.25) is 5.91 Å². The van der Waals surface area contributed by atoms with Crippen molar-refractivity contribution in [3.63, 3.8) is 0 Å². The second kappa shape index (κ2) is 4.57. The lowest BCUT2D eigenvalue weighted by Crippen LogP contribution is -2.39. The molecule has 2 nitrogen and oxygen atoms in total. The Labute approximate surface area is 118 Å². The molecule has 4 rings (SSSR count). The minimum atomic E-state index is -0.206. The zero-order chi connectivity index (χ0) is 13.7. The van der Waals surface area contributed by atoms with Gasteiger partial charge in [0.1, 0.15) is 5.82 Å². The number of benzene rings is 1. The molecule has 0 saturated heterocycles. The largest absolute Gasteiger partial charge is 0.353 e. The third kappa shape index (κ3) is 2.46. The summed E-state index contributed by atoms with van der Waals surface area (Å²) < 4.78 is 13.2. The van der Waals surface area contributed by atoms with Gasteiger partial charge >= 0.3 is 0 Å². The number of nitrogens with one attached hydrogen (secondary N) is 1. The van der Waals surface area contributed by atoms with Gasteiger partial charge in [0, 0.05) is 12.0 Å². The normalized spacial score (nSPS) is 28.5. The van der Waals surface area contributed by atoms with Crippen LogP contribution in [0, 0.1) is 23.6 Å². The van der Waals surface area contributed by atoms with Crippen molar-refractivity contribution in [3.8, 4) is 0 Å². The maximum Gasteiger partial charge on any atom is 0.223 e. The summed E-state index contributed by atoms with van der Waals surface area (Å²) in [5.74, 6) is 1.75. The Hall–Kier alpha value is -1.38. The summed E-state index contributed by atoms with van der Waals surface area (Å²) in [6.07, 6.45) is 5.98. The van der Waals surface area contributed by atoms with Crippen molar-refractivity contribution in [2.45, 2.75) is 44.1 Å². The van der Waals surface area contributed by atoms with Crippen LogP contribution >= 0.6 is 0 Å². The van der Waals surface area contributed by atoms with Gasteiger partial charge in [-0.2, -0.15) is 0 Å². The van der Waals surface area contributed by atoms with Crippen LogP contribution in [-0.2, 0) is 4.79 Å². The average molecular weight is 273 g/mol. The van der Waals surface area contributed by atoms with E-state index in [2.05, 4.69) is 5.32 Å². The van der Waals surface area contributed by atoms with Crippen LogP contribution in [0.4, 0.5) is 4.39 Å². The fraction of sp³-hybridized carbons (Fsp3) is 0.588. The number of hydrogen-bond donors (Lipinski definition) is 1. The first-order valence-electron chi connectivity index (χ1n) is 7.78. The van der Waals surface area contributed by atoms with Gasteiger partial charge in [0.15, 0.2) is 0 Å². The predicted molar refractivity (Wildman–Crippen MR) is 74.6 cm³/mol. The van der Waals surface area contributed by atoms with E-state index in [0.29, 0.717) is 6.04 Å². The van der Waals surface area contributed by atoms with Gasteiger partial charge in [0.05, 0.1) is 0 Å². The minimum Gasteiger partial charge on any atom is -0.353 e. The number of hydrogen-bond acceptors (Lipinski definition) is 1. The van der Waals surface area contributed by atoms with Crippen LogP contribution in [0.25, 0.3) is 0 Å². The molecule has 0 radical (unpaired) electrons. The number of carbonyl (C=O) groups is 1. The van der Waals surface area contributed by atoms with Gasteiger partial charge in [-0.3, -0.25) is 4.79 Å². The predicted octanol–water partition coefficient (Wildman–Crippen LogP) is 3.23. The van der Waals surface area contributed by atoms with Crippen LogP contribution in [0.2, 0.25) is 0 Å². The fourth-order valence-corrected chi connectivity index (χ4v) is 3.39. The van der Waals surface area contributed by atoms with E-state index >= 15 is 0 Å². The SMILES string of the molecule is O=C(NC(C1CC1)C1CC1)[C@H]1C[C@@H]1c1cccc(F)c1. The highest BCUT2D eigenvalue weighted by molar-refractivity contribution is 5.83. The second-order valence-corrected chi connectivity index (χ2v) is 6.71. The second-order valence-electron chi connectivity index (χ2n) is 6.71. The first-order chi connectivity index (χ1) is 9.72. The summed E-state index contributed by atoms with van der Waals surface area (Å²) >= 11 is 0. The molecule has 2 atom stereocenters. The Bertz CT molecular complexity index is 524. The Morgan fingerprint density at radius 3 is 2.50 bits per heavy atom. The zero-order valence-corrected chi connectivity index (χ0v) is 11.5. The molecule has 3 aliphatic carbocycles. The summed E-state index contributed by atoms with van der Waals surface area (Å²) in [5, 5.41) is 3.28. The maximum atomic E-state index is 13.2. The number of carbonyl (C=O) groups excluding carboxylic acids is 1. The van der Waals surface area contributed by atoms with Crippen molar-refractivity contribution in [1.29, 1.82) is 0 Å². The van der Waals surface area contributed by atoms with Crippen molar-refractivity contribution in [1.82, 2.24) is 5.32 Å². The monoisotopic (exact) mass is 273 g/mol. The lowest BCUT2D eigenvalue weighted by atomic mass is 10.1. The van der Waals surface area contributed by atoms with Crippen LogP contribution < -0.4 is 5.32 Å². The van der Waals surface area contributed by atoms with Gasteiger partial charge < -0.3 is 5.32 Å². The van der Waals surface area contributed by atoms with Crippen molar-refractivity contribution in [3.05, 3.63) is 35.6 Å². The molecule has 1 aromatic carbocycles. The quantitative estimate of drug-likeness (QED) is 0.876. The molecule has 0 bridgehead atoms. The lowest BCUT2D eigenvalue weighted by molar-refractivity contribution is -0.123. The van der Waals surface area contributed by atoms with Crippen molar-refractivity contribution in [2.75, 3.05) is 0 Å². The Morgan fingerprint density at radius 1 is 1.20 bits per heavy atom. The summed E-state index contributed by atoms with van der Waals surface area (Å²) in [5.41, 5.74) is 0.972. The van der Waals surface area contributed by atoms with E-state index in [4.69, 9.17) is 0 Å². The molecule has 1 amide bonds. The van der Waals surface area contributed by atoms with Gasteiger partial charge in [-0.25, -0.2) is 4.39 Å². The third-order valence-electron chi connectivity index (χ3n) is 4.97. The average Bonchev–Trinajstić information content (AvgIpc) is 3.26. The van der Waals surface area contributed by atoms with Crippen molar-refractivity contribution in [2.24, 2.45) is 17.8 Å². The van der Waals surface area contributed by atoms with E-state index in [1.807, 2.05) is 6.07 Å².